The maximum Gasteiger partial charge on any atom is 0.283 e. The molecule has 0 atom stereocenters. The SMILES string of the molecule is Cc1ccc(N2C(=O)C(Cl)=C(Nc3ccc(C(=O)N(C)c4ccccc4)cc3)C2=O)cc1Cl. The Morgan fingerprint density at radius 1 is 0.909 bits per heavy atom. The maximum absolute atomic E-state index is 12.9. The monoisotopic (exact) mass is 479 g/mol. The first kappa shape index (κ1) is 22.6. The van der Waals surface area contributed by atoms with E-state index in [-0.39, 0.29) is 16.6 Å². The van der Waals surface area contributed by atoms with Gasteiger partial charge >= 0.3 is 0 Å². The fourth-order valence-corrected chi connectivity index (χ4v) is 3.76. The molecule has 1 aliphatic rings. The van der Waals surface area contributed by atoms with E-state index in [0.29, 0.717) is 22.0 Å². The minimum absolute atomic E-state index is 0.0427. The van der Waals surface area contributed by atoms with E-state index in [1.54, 1.807) is 54.4 Å². The summed E-state index contributed by atoms with van der Waals surface area (Å²) in [6, 6.07) is 20.8. The van der Waals surface area contributed by atoms with Crippen LogP contribution in [0.3, 0.4) is 0 Å². The van der Waals surface area contributed by atoms with E-state index in [4.69, 9.17) is 23.2 Å². The van der Waals surface area contributed by atoms with Crippen LogP contribution in [0, 0.1) is 6.92 Å². The van der Waals surface area contributed by atoms with Crippen LogP contribution in [0.4, 0.5) is 17.1 Å². The number of anilines is 3. The van der Waals surface area contributed by atoms with Gasteiger partial charge in [0.15, 0.2) is 0 Å². The van der Waals surface area contributed by atoms with Gasteiger partial charge in [0.05, 0.1) is 5.69 Å². The van der Waals surface area contributed by atoms with E-state index in [9.17, 15) is 14.4 Å². The second kappa shape index (κ2) is 9.10. The third-order valence-corrected chi connectivity index (χ3v) is 6.05. The van der Waals surface area contributed by atoms with Crippen molar-refractivity contribution in [3.05, 3.63) is 99.7 Å². The van der Waals surface area contributed by atoms with Crippen LogP contribution in [-0.4, -0.2) is 24.8 Å². The minimum Gasteiger partial charge on any atom is -0.350 e. The number of nitrogens with one attached hydrogen (secondary N) is 1. The van der Waals surface area contributed by atoms with Gasteiger partial charge in [-0.25, -0.2) is 4.90 Å². The van der Waals surface area contributed by atoms with Gasteiger partial charge in [-0.3, -0.25) is 14.4 Å². The lowest BCUT2D eigenvalue weighted by Gasteiger charge is -2.18. The number of nitrogens with zero attached hydrogens (tertiary/aromatic N) is 2. The molecular formula is C25H19Cl2N3O3. The van der Waals surface area contributed by atoms with Crippen LogP contribution in [0.5, 0.6) is 0 Å². The zero-order valence-corrected chi connectivity index (χ0v) is 19.3. The van der Waals surface area contributed by atoms with Gasteiger partial charge in [0.2, 0.25) is 0 Å². The van der Waals surface area contributed by atoms with Crippen molar-refractivity contribution in [1.82, 2.24) is 0 Å². The molecule has 1 aliphatic heterocycles. The number of para-hydroxylation sites is 1. The second-order valence-corrected chi connectivity index (χ2v) is 8.26. The lowest BCUT2D eigenvalue weighted by molar-refractivity contribution is -0.120. The number of benzene rings is 3. The van der Waals surface area contributed by atoms with E-state index >= 15 is 0 Å². The van der Waals surface area contributed by atoms with Crippen molar-refractivity contribution in [2.24, 2.45) is 0 Å². The van der Waals surface area contributed by atoms with Crippen LogP contribution < -0.4 is 15.1 Å². The molecule has 166 valence electrons. The van der Waals surface area contributed by atoms with Crippen molar-refractivity contribution < 1.29 is 14.4 Å². The van der Waals surface area contributed by atoms with Crippen LogP contribution in [-0.2, 0) is 9.59 Å². The molecule has 0 fully saturated rings. The highest BCUT2D eigenvalue weighted by molar-refractivity contribution is 6.53. The summed E-state index contributed by atoms with van der Waals surface area (Å²) in [4.78, 5) is 40.9. The summed E-state index contributed by atoms with van der Waals surface area (Å²) in [5.74, 6) is -1.41. The van der Waals surface area contributed by atoms with Gasteiger partial charge in [-0.05, 0) is 61.0 Å². The predicted octanol–water partition coefficient (Wildman–Crippen LogP) is 5.36. The number of amides is 3. The number of halogens is 2. The molecule has 0 aromatic heterocycles. The second-order valence-electron chi connectivity index (χ2n) is 7.47. The summed E-state index contributed by atoms with van der Waals surface area (Å²) in [5, 5.41) is 3.12. The quantitative estimate of drug-likeness (QED) is 0.500. The predicted molar refractivity (Wildman–Crippen MR) is 131 cm³/mol. The van der Waals surface area contributed by atoms with Crippen molar-refractivity contribution in [2.45, 2.75) is 6.92 Å². The molecule has 3 amide bonds. The first-order valence-corrected chi connectivity index (χ1v) is 10.8. The molecule has 0 radical (unpaired) electrons. The molecule has 3 aromatic carbocycles. The Balaban J connectivity index is 1.52. The number of imide groups is 1. The van der Waals surface area contributed by atoms with E-state index in [2.05, 4.69) is 5.32 Å². The first-order chi connectivity index (χ1) is 15.8. The van der Waals surface area contributed by atoms with E-state index in [1.165, 1.54) is 0 Å². The first-order valence-electron chi connectivity index (χ1n) is 10.0. The summed E-state index contributed by atoms with van der Waals surface area (Å²) in [6.07, 6.45) is 0. The topological polar surface area (TPSA) is 69.7 Å². The summed E-state index contributed by atoms with van der Waals surface area (Å²) in [7, 11) is 1.70. The molecule has 0 spiro atoms. The van der Waals surface area contributed by atoms with Gasteiger partial charge < -0.3 is 10.2 Å². The third-order valence-electron chi connectivity index (χ3n) is 5.29. The van der Waals surface area contributed by atoms with Gasteiger partial charge in [-0.15, -0.1) is 0 Å². The van der Waals surface area contributed by atoms with Crippen LogP contribution in [0.15, 0.2) is 83.5 Å². The van der Waals surface area contributed by atoms with Crippen LogP contribution >= 0.6 is 23.2 Å². The fourth-order valence-electron chi connectivity index (χ4n) is 3.37. The summed E-state index contributed by atoms with van der Waals surface area (Å²) in [5.41, 5.74) is 2.86. The highest BCUT2D eigenvalue weighted by Crippen LogP contribution is 2.32. The summed E-state index contributed by atoms with van der Waals surface area (Å²) in [6.45, 7) is 1.82. The van der Waals surface area contributed by atoms with Crippen LogP contribution in [0.25, 0.3) is 0 Å². The molecule has 4 rings (SSSR count). The zero-order chi connectivity index (χ0) is 23.7. The Kier molecular flexibility index (Phi) is 6.22. The molecule has 1 heterocycles. The van der Waals surface area contributed by atoms with Crippen molar-refractivity contribution in [1.29, 1.82) is 0 Å². The molecule has 3 aromatic rings. The Morgan fingerprint density at radius 2 is 1.58 bits per heavy atom. The molecule has 33 heavy (non-hydrogen) atoms. The number of aryl methyl sites for hydroxylation is 1. The van der Waals surface area contributed by atoms with Crippen molar-refractivity contribution in [2.75, 3.05) is 22.2 Å². The minimum atomic E-state index is -0.639. The Labute approximate surface area is 201 Å². The molecule has 0 saturated carbocycles. The Bertz CT molecular complexity index is 1290. The van der Waals surface area contributed by atoms with Gasteiger partial charge in [0.1, 0.15) is 10.7 Å². The van der Waals surface area contributed by atoms with Gasteiger partial charge in [0, 0.05) is 29.0 Å². The average molecular weight is 480 g/mol. The highest BCUT2D eigenvalue weighted by Gasteiger charge is 2.39. The zero-order valence-electron chi connectivity index (χ0n) is 17.8. The molecule has 1 N–H and O–H groups in total. The van der Waals surface area contributed by atoms with Crippen LogP contribution in [0.1, 0.15) is 15.9 Å². The number of carbonyl (C=O) groups excluding carboxylic acids is 3. The molecule has 0 saturated heterocycles. The van der Waals surface area contributed by atoms with Gasteiger partial charge in [0.25, 0.3) is 17.7 Å². The maximum atomic E-state index is 12.9. The fraction of sp³-hybridized carbons (Fsp3) is 0.0800. The van der Waals surface area contributed by atoms with Crippen molar-refractivity contribution >= 4 is 58.0 Å². The molecule has 8 heteroatoms. The largest absolute Gasteiger partial charge is 0.350 e. The third kappa shape index (κ3) is 4.35. The average Bonchev–Trinajstić information content (AvgIpc) is 3.04. The van der Waals surface area contributed by atoms with Crippen molar-refractivity contribution in [3.8, 4) is 0 Å². The number of hydrogen-bond acceptors (Lipinski definition) is 4. The highest BCUT2D eigenvalue weighted by atomic mass is 35.5. The van der Waals surface area contributed by atoms with E-state index in [0.717, 1.165) is 16.2 Å². The molecule has 0 aliphatic carbocycles. The van der Waals surface area contributed by atoms with Crippen molar-refractivity contribution in [3.63, 3.8) is 0 Å². The molecular weight excluding hydrogens is 461 g/mol. The van der Waals surface area contributed by atoms with Gasteiger partial charge in [-0.2, -0.15) is 0 Å². The number of carbonyl (C=O) groups is 3. The Morgan fingerprint density at radius 3 is 2.21 bits per heavy atom. The lowest BCUT2D eigenvalue weighted by Crippen LogP contribution is -2.32. The smallest absolute Gasteiger partial charge is 0.283 e. The molecule has 0 bridgehead atoms. The van der Waals surface area contributed by atoms with Crippen LogP contribution in [0.2, 0.25) is 5.02 Å². The van der Waals surface area contributed by atoms with E-state index < -0.39 is 11.8 Å². The standard InChI is InChI=1S/C25H19Cl2N3O3/c1-15-8-13-19(14-20(15)26)30-24(32)21(27)22(25(30)33)28-17-11-9-16(10-12-17)23(31)29(2)18-6-4-3-5-7-18/h3-14,28H,1-2H3. The number of hydrogen-bond donors (Lipinski definition) is 1. The summed E-state index contributed by atoms with van der Waals surface area (Å²) >= 11 is 12.3. The normalized spacial score (nSPS) is 13.5. The molecule has 6 nitrogen and oxygen atoms in total. The summed E-state index contributed by atoms with van der Waals surface area (Å²) < 4.78 is 0. The molecule has 0 unspecified atom stereocenters. The van der Waals surface area contributed by atoms with E-state index in [1.807, 2.05) is 37.3 Å². The van der Waals surface area contributed by atoms with Gasteiger partial charge in [-0.1, -0.05) is 47.5 Å². The lowest BCUT2D eigenvalue weighted by atomic mass is 10.1. The number of rotatable bonds is 5. The Hall–Kier alpha value is -3.61.